The minimum Gasteiger partial charge on any atom is -0.379 e. The van der Waals surface area contributed by atoms with Crippen LogP contribution in [0.4, 0.5) is 5.13 Å². The molecule has 0 bridgehead atoms. The first kappa shape index (κ1) is 12.4. The Morgan fingerprint density at radius 2 is 2.06 bits per heavy atom. The van der Waals surface area contributed by atoms with Crippen LogP contribution in [-0.4, -0.2) is 31.3 Å². The molecule has 2 aliphatic rings. The smallest absolute Gasteiger partial charge is 0.185 e. The number of nitrogens with zero attached hydrogens (tertiary/aromatic N) is 2. The fourth-order valence-electron chi connectivity index (χ4n) is 2.68. The zero-order chi connectivity index (χ0) is 12.4. The average molecular weight is 267 g/mol. The molecular formula is C13H21N3OS. The molecular weight excluding hydrogens is 246 g/mol. The summed E-state index contributed by atoms with van der Waals surface area (Å²) in [5.74, 6) is 0. The maximum Gasteiger partial charge on any atom is 0.185 e. The van der Waals surface area contributed by atoms with E-state index in [0.29, 0.717) is 6.61 Å². The second-order valence-electron chi connectivity index (χ2n) is 5.38. The van der Waals surface area contributed by atoms with Gasteiger partial charge < -0.3 is 15.4 Å². The van der Waals surface area contributed by atoms with Crippen molar-refractivity contribution in [3.63, 3.8) is 0 Å². The number of nitrogens with two attached hydrogens (primary N) is 1. The molecule has 2 N–H and O–H groups in total. The average Bonchev–Trinajstić information content (AvgIpc) is 2.94. The van der Waals surface area contributed by atoms with Crippen LogP contribution in [0.5, 0.6) is 0 Å². The molecule has 2 saturated heterocycles. The summed E-state index contributed by atoms with van der Waals surface area (Å²) in [5, 5.41) is 3.26. The number of anilines is 1. The second kappa shape index (κ2) is 5.15. The maximum absolute atomic E-state index is 6.35. The summed E-state index contributed by atoms with van der Waals surface area (Å²) in [6.45, 7) is 3.64. The summed E-state index contributed by atoms with van der Waals surface area (Å²) in [5.41, 5.74) is 7.03. The van der Waals surface area contributed by atoms with E-state index in [0.717, 1.165) is 36.9 Å². The number of hydrogen-bond acceptors (Lipinski definition) is 5. The van der Waals surface area contributed by atoms with Crippen molar-refractivity contribution >= 4 is 16.5 Å². The topological polar surface area (TPSA) is 51.4 Å². The van der Waals surface area contributed by atoms with E-state index in [9.17, 15) is 0 Å². The van der Waals surface area contributed by atoms with E-state index < -0.39 is 0 Å². The molecule has 0 aromatic carbocycles. The minimum atomic E-state index is -0.347. The van der Waals surface area contributed by atoms with Crippen molar-refractivity contribution in [2.75, 3.05) is 31.2 Å². The quantitative estimate of drug-likeness (QED) is 0.891. The first-order valence-corrected chi connectivity index (χ1v) is 7.73. The molecule has 5 heteroatoms. The van der Waals surface area contributed by atoms with Gasteiger partial charge in [0.15, 0.2) is 5.13 Å². The van der Waals surface area contributed by atoms with Gasteiger partial charge >= 0.3 is 0 Å². The maximum atomic E-state index is 6.35. The fraction of sp³-hybridized carbons (Fsp3) is 0.769. The Bertz CT molecular complexity index is 393. The molecule has 0 spiro atoms. The summed E-state index contributed by atoms with van der Waals surface area (Å²) in [7, 11) is 0. The lowest BCUT2D eigenvalue weighted by atomic mass is 9.97. The first-order chi connectivity index (χ1) is 8.78. The van der Waals surface area contributed by atoms with Crippen molar-refractivity contribution in [3.05, 3.63) is 11.1 Å². The van der Waals surface area contributed by atoms with Gasteiger partial charge in [0.05, 0.1) is 17.8 Å². The van der Waals surface area contributed by atoms with E-state index in [-0.39, 0.29) is 5.54 Å². The summed E-state index contributed by atoms with van der Waals surface area (Å²) in [6, 6.07) is 0. The molecule has 4 nitrogen and oxygen atoms in total. The van der Waals surface area contributed by atoms with Crippen molar-refractivity contribution in [1.29, 1.82) is 0 Å². The predicted molar refractivity (Wildman–Crippen MR) is 74.1 cm³/mol. The Hall–Kier alpha value is -0.650. The largest absolute Gasteiger partial charge is 0.379 e. The van der Waals surface area contributed by atoms with Gasteiger partial charge in [0.2, 0.25) is 0 Å². The van der Waals surface area contributed by atoms with E-state index in [2.05, 4.69) is 10.3 Å². The summed E-state index contributed by atoms with van der Waals surface area (Å²) in [4.78, 5) is 7.19. The molecule has 2 aliphatic heterocycles. The Labute approximate surface area is 112 Å². The molecule has 3 heterocycles. The fourth-order valence-corrected chi connectivity index (χ4v) is 3.67. The number of thiazole rings is 1. The standard InChI is InChI=1S/C13H21N3OS/c14-13(5-8-17-10-13)11-9-18-12(15-11)16-6-3-1-2-4-7-16/h9H,1-8,10,14H2. The summed E-state index contributed by atoms with van der Waals surface area (Å²) < 4.78 is 5.42. The number of hydrogen-bond donors (Lipinski definition) is 1. The highest BCUT2D eigenvalue weighted by Crippen LogP contribution is 2.32. The third kappa shape index (κ3) is 2.39. The number of ether oxygens (including phenoxy) is 1. The SMILES string of the molecule is NC1(c2csc(N3CCCCCC3)n2)CCOC1. The van der Waals surface area contributed by atoms with Crippen molar-refractivity contribution in [2.45, 2.75) is 37.6 Å². The number of rotatable bonds is 2. The van der Waals surface area contributed by atoms with Gasteiger partial charge in [0.25, 0.3) is 0 Å². The highest BCUT2D eigenvalue weighted by molar-refractivity contribution is 7.13. The molecule has 100 valence electrons. The molecule has 18 heavy (non-hydrogen) atoms. The first-order valence-electron chi connectivity index (χ1n) is 6.85. The van der Waals surface area contributed by atoms with Crippen LogP contribution < -0.4 is 10.6 Å². The summed E-state index contributed by atoms with van der Waals surface area (Å²) in [6.07, 6.45) is 6.15. The van der Waals surface area contributed by atoms with Gasteiger partial charge in [-0.15, -0.1) is 11.3 Å². The van der Waals surface area contributed by atoms with Gasteiger partial charge in [-0.3, -0.25) is 0 Å². The predicted octanol–water partition coefficient (Wildman–Crippen LogP) is 2.10. The molecule has 1 aromatic rings. The molecule has 3 rings (SSSR count). The van der Waals surface area contributed by atoms with E-state index in [1.165, 1.54) is 25.7 Å². The van der Waals surface area contributed by atoms with Crippen LogP contribution in [0.2, 0.25) is 0 Å². The Kier molecular flexibility index (Phi) is 3.54. The van der Waals surface area contributed by atoms with E-state index >= 15 is 0 Å². The molecule has 0 amide bonds. The van der Waals surface area contributed by atoms with Gasteiger partial charge in [-0.25, -0.2) is 4.98 Å². The zero-order valence-electron chi connectivity index (χ0n) is 10.7. The van der Waals surface area contributed by atoms with Gasteiger partial charge in [0, 0.05) is 25.1 Å². The number of aromatic nitrogens is 1. The molecule has 0 radical (unpaired) electrons. The Morgan fingerprint density at radius 3 is 2.72 bits per heavy atom. The van der Waals surface area contributed by atoms with Gasteiger partial charge in [0.1, 0.15) is 0 Å². The van der Waals surface area contributed by atoms with Gasteiger partial charge in [-0.1, -0.05) is 12.8 Å². The summed E-state index contributed by atoms with van der Waals surface area (Å²) >= 11 is 1.73. The lowest BCUT2D eigenvalue weighted by Crippen LogP contribution is -2.37. The van der Waals surface area contributed by atoms with Gasteiger partial charge in [-0.2, -0.15) is 0 Å². The molecule has 1 unspecified atom stereocenters. The molecule has 1 atom stereocenters. The van der Waals surface area contributed by atoms with Crippen LogP contribution >= 0.6 is 11.3 Å². The van der Waals surface area contributed by atoms with E-state index in [4.69, 9.17) is 15.5 Å². The molecule has 0 saturated carbocycles. The van der Waals surface area contributed by atoms with Gasteiger partial charge in [-0.05, 0) is 19.3 Å². The Balaban J connectivity index is 1.76. The van der Waals surface area contributed by atoms with Crippen molar-refractivity contribution in [2.24, 2.45) is 5.73 Å². The van der Waals surface area contributed by atoms with Crippen molar-refractivity contribution in [3.8, 4) is 0 Å². The molecule has 2 fully saturated rings. The minimum absolute atomic E-state index is 0.347. The highest BCUT2D eigenvalue weighted by Gasteiger charge is 2.35. The van der Waals surface area contributed by atoms with E-state index in [1.807, 2.05) is 0 Å². The second-order valence-corrected chi connectivity index (χ2v) is 6.21. The molecule has 1 aromatic heterocycles. The lowest BCUT2D eigenvalue weighted by Gasteiger charge is -2.21. The lowest BCUT2D eigenvalue weighted by molar-refractivity contribution is 0.177. The normalized spacial score (nSPS) is 29.5. The van der Waals surface area contributed by atoms with Crippen molar-refractivity contribution < 1.29 is 4.74 Å². The van der Waals surface area contributed by atoms with E-state index in [1.54, 1.807) is 11.3 Å². The van der Waals surface area contributed by atoms with Crippen molar-refractivity contribution in [1.82, 2.24) is 4.98 Å². The van der Waals surface area contributed by atoms with Crippen LogP contribution in [0.15, 0.2) is 5.38 Å². The molecule has 0 aliphatic carbocycles. The monoisotopic (exact) mass is 267 g/mol. The third-order valence-electron chi connectivity index (χ3n) is 3.93. The van der Waals surface area contributed by atoms with Crippen LogP contribution in [0.3, 0.4) is 0 Å². The van der Waals surface area contributed by atoms with Crippen LogP contribution in [-0.2, 0) is 10.3 Å². The zero-order valence-corrected chi connectivity index (χ0v) is 11.5. The van der Waals surface area contributed by atoms with Crippen LogP contribution in [0.25, 0.3) is 0 Å². The Morgan fingerprint density at radius 1 is 1.28 bits per heavy atom. The highest BCUT2D eigenvalue weighted by atomic mass is 32.1. The van der Waals surface area contributed by atoms with Crippen LogP contribution in [0, 0.1) is 0 Å². The van der Waals surface area contributed by atoms with Crippen LogP contribution in [0.1, 0.15) is 37.8 Å². The third-order valence-corrected chi connectivity index (χ3v) is 4.83.